The average molecular weight is 263 g/mol. The SMILES string of the molecule is CC[C@H](c1ccc(OC)c(OC)c1)N1CCCCC1. The van der Waals surface area contributed by atoms with Crippen molar-refractivity contribution in [2.75, 3.05) is 27.3 Å². The third kappa shape index (κ3) is 3.21. The number of hydrogen-bond acceptors (Lipinski definition) is 3. The molecule has 1 aromatic rings. The zero-order valence-electron chi connectivity index (χ0n) is 12.3. The molecule has 0 spiro atoms. The van der Waals surface area contributed by atoms with Crippen molar-refractivity contribution in [2.45, 2.75) is 38.6 Å². The first-order chi connectivity index (χ1) is 9.30. The van der Waals surface area contributed by atoms with Crippen LogP contribution in [0.2, 0.25) is 0 Å². The molecule has 1 aliphatic rings. The first kappa shape index (κ1) is 14.2. The van der Waals surface area contributed by atoms with E-state index in [9.17, 15) is 0 Å². The normalized spacial score (nSPS) is 18.1. The van der Waals surface area contributed by atoms with Gasteiger partial charge in [-0.3, -0.25) is 4.90 Å². The van der Waals surface area contributed by atoms with Crippen molar-refractivity contribution in [1.29, 1.82) is 0 Å². The molecule has 0 radical (unpaired) electrons. The molecule has 1 aliphatic heterocycles. The summed E-state index contributed by atoms with van der Waals surface area (Å²) in [7, 11) is 3.38. The van der Waals surface area contributed by atoms with Crippen LogP contribution >= 0.6 is 0 Å². The Hall–Kier alpha value is -1.22. The molecule has 0 N–H and O–H groups in total. The van der Waals surface area contributed by atoms with Crippen LogP contribution in [0.5, 0.6) is 11.5 Å². The first-order valence-corrected chi connectivity index (χ1v) is 7.26. The van der Waals surface area contributed by atoms with Crippen LogP contribution in [-0.2, 0) is 0 Å². The highest BCUT2D eigenvalue weighted by atomic mass is 16.5. The Morgan fingerprint density at radius 2 is 1.74 bits per heavy atom. The molecule has 1 aromatic carbocycles. The molecule has 1 heterocycles. The van der Waals surface area contributed by atoms with Gasteiger partial charge in [0.15, 0.2) is 11.5 Å². The van der Waals surface area contributed by atoms with E-state index in [0.29, 0.717) is 6.04 Å². The van der Waals surface area contributed by atoms with Gasteiger partial charge in [0.1, 0.15) is 0 Å². The van der Waals surface area contributed by atoms with Gasteiger partial charge in [0, 0.05) is 6.04 Å². The second-order valence-corrected chi connectivity index (χ2v) is 5.14. The standard InChI is InChI=1S/C16H25NO2/c1-4-14(17-10-6-5-7-11-17)13-8-9-15(18-2)16(12-13)19-3/h8-9,12,14H,4-7,10-11H2,1-3H3/t14-/m1/s1. The van der Waals surface area contributed by atoms with Gasteiger partial charge in [0.05, 0.1) is 14.2 Å². The van der Waals surface area contributed by atoms with Gasteiger partial charge in [-0.05, 0) is 50.0 Å². The number of methoxy groups -OCH3 is 2. The minimum atomic E-state index is 0.500. The molecule has 3 heteroatoms. The second kappa shape index (κ2) is 6.80. The van der Waals surface area contributed by atoms with Crippen LogP contribution in [-0.4, -0.2) is 32.2 Å². The number of hydrogen-bond donors (Lipinski definition) is 0. The molecule has 0 unspecified atom stereocenters. The number of nitrogens with zero attached hydrogens (tertiary/aromatic N) is 1. The van der Waals surface area contributed by atoms with Crippen LogP contribution in [0.4, 0.5) is 0 Å². The molecule has 19 heavy (non-hydrogen) atoms. The molecule has 1 atom stereocenters. The predicted octanol–water partition coefficient (Wildman–Crippen LogP) is 3.64. The summed E-state index contributed by atoms with van der Waals surface area (Å²) in [6, 6.07) is 6.81. The lowest BCUT2D eigenvalue weighted by Gasteiger charge is -2.34. The van der Waals surface area contributed by atoms with E-state index in [-0.39, 0.29) is 0 Å². The van der Waals surface area contributed by atoms with Gasteiger partial charge in [-0.15, -0.1) is 0 Å². The zero-order valence-corrected chi connectivity index (χ0v) is 12.3. The molecule has 1 saturated heterocycles. The Labute approximate surface area is 116 Å². The number of piperidine rings is 1. The molecule has 0 amide bonds. The molecule has 0 aromatic heterocycles. The number of benzene rings is 1. The van der Waals surface area contributed by atoms with E-state index in [1.54, 1.807) is 14.2 Å². The summed E-state index contributed by atoms with van der Waals surface area (Å²) in [6.45, 7) is 4.69. The van der Waals surface area contributed by atoms with E-state index in [2.05, 4.69) is 24.0 Å². The van der Waals surface area contributed by atoms with E-state index in [4.69, 9.17) is 9.47 Å². The highest BCUT2D eigenvalue weighted by Crippen LogP contribution is 2.34. The predicted molar refractivity (Wildman–Crippen MR) is 78.0 cm³/mol. The van der Waals surface area contributed by atoms with Gasteiger partial charge in [0.25, 0.3) is 0 Å². The summed E-state index contributed by atoms with van der Waals surface area (Å²) in [6.07, 6.45) is 5.15. The average Bonchev–Trinajstić information content (AvgIpc) is 2.49. The maximum absolute atomic E-state index is 5.42. The molecule has 2 rings (SSSR count). The monoisotopic (exact) mass is 263 g/mol. The van der Waals surface area contributed by atoms with Gasteiger partial charge in [-0.25, -0.2) is 0 Å². The molecular formula is C16H25NO2. The van der Waals surface area contributed by atoms with Crippen molar-refractivity contribution in [3.8, 4) is 11.5 Å². The summed E-state index contributed by atoms with van der Waals surface area (Å²) in [5, 5.41) is 0. The smallest absolute Gasteiger partial charge is 0.161 e. The van der Waals surface area contributed by atoms with E-state index in [1.807, 2.05) is 6.07 Å². The van der Waals surface area contributed by atoms with Crippen molar-refractivity contribution in [1.82, 2.24) is 4.90 Å². The highest BCUT2D eigenvalue weighted by Gasteiger charge is 2.21. The molecule has 1 fully saturated rings. The van der Waals surface area contributed by atoms with Crippen molar-refractivity contribution in [3.05, 3.63) is 23.8 Å². The Morgan fingerprint density at radius 3 is 2.32 bits per heavy atom. The van der Waals surface area contributed by atoms with Gasteiger partial charge in [-0.2, -0.15) is 0 Å². The topological polar surface area (TPSA) is 21.7 Å². The minimum Gasteiger partial charge on any atom is -0.493 e. The van der Waals surface area contributed by atoms with Crippen molar-refractivity contribution in [2.24, 2.45) is 0 Å². The van der Waals surface area contributed by atoms with Gasteiger partial charge in [-0.1, -0.05) is 19.4 Å². The Bertz CT molecular complexity index is 400. The highest BCUT2D eigenvalue weighted by molar-refractivity contribution is 5.43. The van der Waals surface area contributed by atoms with Gasteiger partial charge < -0.3 is 9.47 Å². The maximum atomic E-state index is 5.42. The summed E-state index contributed by atoms with van der Waals surface area (Å²) < 4.78 is 10.7. The summed E-state index contributed by atoms with van der Waals surface area (Å²) in [4.78, 5) is 2.60. The fourth-order valence-electron chi connectivity index (χ4n) is 2.99. The van der Waals surface area contributed by atoms with Crippen molar-refractivity contribution < 1.29 is 9.47 Å². The van der Waals surface area contributed by atoms with Crippen molar-refractivity contribution >= 4 is 0 Å². The fourth-order valence-corrected chi connectivity index (χ4v) is 2.99. The van der Waals surface area contributed by atoms with E-state index in [1.165, 1.54) is 37.9 Å². The van der Waals surface area contributed by atoms with Gasteiger partial charge in [0.2, 0.25) is 0 Å². The first-order valence-electron chi connectivity index (χ1n) is 7.26. The largest absolute Gasteiger partial charge is 0.493 e. The van der Waals surface area contributed by atoms with Crippen molar-refractivity contribution in [3.63, 3.8) is 0 Å². The van der Waals surface area contributed by atoms with Crippen LogP contribution in [0.25, 0.3) is 0 Å². The summed E-state index contributed by atoms with van der Waals surface area (Å²) in [5.41, 5.74) is 1.34. The van der Waals surface area contributed by atoms with Crippen LogP contribution < -0.4 is 9.47 Å². The van der Waals surface area contributed by atoms with Crippen LogP contribution in [0, 0.1) is 0 Å². The summed E-state index contributed by atoms with van der Waals surface area (Å²) in [5.74, 6) is 1.63. The zero-order chi connectivity index (χ0) is 13.7. The lowest BCUT2D eigenvalue weighted by Crippen LogP contribution is -2.33. The van der Waals surface area contributed by atoms with Crippen LogP contribution in [0.3, 0.4) is 0 Å². The van der Waals surface area contributed by atoms with Gasteiger partial charge >= 0.3 is 0 Å². The van der Waals surface area contributed by atoms with Crippen LogP contribution in [0.15, 0.2) is 18.2 Å². The number of likely N-dealkylation sites (tertiary alicyclic amines) is 1. The molecule has 106 valence electrons. The third-order valence-electron chi connectivity index (χ3n) is 4.01. The molecular weight excluding hydrogens is 238 g/mol. The Balaban J connectivity index is 2.22. The lowest BCUT2D eigenvalue weighted by atomic mass is 9.99. The number of rotatable bonds is 5. The van der Waals surface area contributed by atoms with E-state index >= 15 is 0 Å². The molecule has 0 saturated carbocycles. The molecule has 0 aliphatic carbocycles. The minimum absolute atomic E-state index is 0.500. The molecule has 3 nitrogen and oxygen atoms in total. The van der Waals surface area contributed by atoms with Crippen LogP contribution in [0.1, 0.15) is 44.2 Å². The quantitative estimate of drug-likeness (QED) is 0.809. The fraction of sp³-hybridized carbons (Fsp3) is 0.625. The lowest BCUT2D eigenvalue weighted by molar-refractivity contribution is 0.159. The maximum Gasteiger partial charge on any atom is 0.161 e. The summed E-state index contributed by atoms with van der Waals surface area (Å²) >= 11 is 0. The third-order valence-corrected chi connectivity index (χ3v) is 4.01. The van der Waals surface area contributed by atoms with E-state index in [0.717, 1.165) is 17.9 Å². The number of ether oxygens (including phenoxy) is 2. The Kier molecular flexibility index (Phi) is 5.08. The Morgan fingerprint density at radius 1 is 1.05 bits per heavy atom. The van der Waals surface area contributed by atoms with E-state index < -0.39 is 0 Å². The second-order valence-electron chi connectivity index (χ2n) is 5.14. The molecule has 0 bridgehead atoms.